The van der Waals surface area contributed by atoms with Crippen LogP contribution in [0.5, 0.6) is 0 Å². The van der Waals surface area contributed by atoms with E-state index in [0.717, 1.165) is 31.0 Å². The Morgan fingerprint density at radius 1 is 1.30 bits per heavy atom. The van der Waals surface area contributed by atoms with Gasteiger partial charge in [0.2, 0.25) is 0 Å². The van der Waals surface area contributed by atoms with Gasteiger partial charge in [-0.25, -0.2) is 9.78 Å². The summed E-state index contributed by atoms with van der Waals surface area (Å²) < 4.78 is 6.76. The first-order valence-electron chi connectivity index (χ1n) is 7.04. The van der Waals surface area contributed by atoms with Crippen molar-refractivity contribution in [3.8, 4) is 0 Å². The van der Waals surface area contributed by atoms with Gasteiger partial charge in [0.1, 0.15) is 5.65 Å². The number of nitrogens with zero attached hydrogens (tertiary/aromatic N) is 3. The minimum absolute atomic E-state index is 0.315. The predicted octanol–water partition coefficient (Wildman–Crippen LogP) is 2.11. The molecule has 0 bridgehead atoms. The molecular weight excluding hydrogens is 254 g/mol. The van der Waals surface area contributed by atoms with E-state index in [1.165, 1.54) is 26.4 Å². The lowest BCUT2D eigenvalue weighted by molar-refractivity contribution is 0.0600. The van der Waals surface area contributed by atoms with Crippen molar-refractivity contribution in [2.24, 2.45) is 0 Å². The molecule has 0 unspecified atom stereocenters. The van der Waals surface area contributed by atoms with Crippen LogP contribution >= 0.6 is 0 Å². The second-order valence-electron chi connectivity index (χ2n) is 5.22. The van der Waals surface area contributed by atoms with Crippen molar-refractivity contribution in [3.63, 3.8) is 0 Å². The van der Waals surface area contributed by atoms with Crippen molar-refractivity contribution < 1.29 is 9.53 Å². The number of carbonyl (C=O) groups excluding carboxylic acids is 1. The molecule has 0 N–H and O–H groups in total. The Morgan fingerprint density at radius 3 is 2.85 bits per heavy atom. The maximum atomic E-state index is 11.6. The summed E-state index contributed by atoms with van der Waals surface area (Å²) in [6.45, 7) is 3.17. The minimum Gasteiger partial charge on any atom is -0.465 e. The molecule has 5 nitrogen and oxygen atoms in total. The van der Waals surface area contributed by atoms with Crippen LogP contribution in [0.1, 0.15) is 35.3 Å². The standard InChI is InChI=1S/C15H19N3O2/c1-20-15(19)12-5-6-14-16-9-13(18(14)10-12)11-17-7-3-2-4-8-17/h5-6,9-10H,2-4,7-8,11H2,1H3. The molecule has 20 heavy (non-hydrogen) atoms. The van der Waals surface area contributed by atoms with Gasteiger partial charge in [-0.3, -0.25) is 4.90 Å². The number of carbonyl (C=O) groups is 1. The Bertz CT molecular complexity index is 615. The van der Waals surface area contributed by atoms with Crippen molar-refractivity contribution in [1.82, 2.24) is 14.3 Å². The molecule has 0 amide bonds. The van der Waals surface area contributed by atoms with E-state index < -0.39 is 0 Å². The van der Waals surface area contributed by atoms with Crippen molar-refractivity contribution in [2.75, 3.05) is 20.2 Å². The van der Waals surface area contributed by atoms with Crippen LogP contribution in [-0.2, 0) is 11.3 Å². The Kier molecular flexibility index (Phi) is 3.69. The second-order valence-corrected chi connectivity index (χ2v) is 5.22. The highest BCUT2D eigenvalue weighted by Crippen LogP contribution is 2.15. The van der Waals surface area contributed by atoms with Gasteiger partial charge in [0, 0.05) is 12.7 Å². The van der Waals surface area contributed by atoms with E-state index in [1.54, 1.807) is 6.07 Å². The molecule has 3 rings (SSSR count). The molecule has 0 radical (unpaired) electrons. The van der Waals surface area contributed by atoms with Crippen LogP contribution in [0.4, 0.5) is 0 Å². The fraction of sp³-hybridized carbons (Fsp3) is 0.467. The van der Waals surface area contributed by atoms with E-state index in [9.17, 15) is 4.79 Å². The first-order chi connectivity index (χ1) is 9.78. The average molecular weight is 273 g/mol. The number of ether oxygens (including phenoxy) is 1. The highest BCUT2D eigenvalue weighted by molar-refractivity contribution is 5.89. The van der Waals surface area contributed by atoms with E-state index in [0.29, 0.717) is 5.56 Å². The van der Waals surface area contributed by atoms with Crippen LogP contribution in [0.2, 0.25) is 0 Å². The molecule has 1 fully saturated rings. The topological polar surface area (TPSA) is 46.8 Å². The first-order valence-corrected chi connectivity index (χ1v) is 7.04. The Hall–Kier alpha value is -1.88. The second kappa shape index (κ2) is 5.63. The number of fused-ring (bicyclic) bond motifs is 1. The third-order valence-corrected chi connectivity index (χ3v) is 3.84. The van der Waals surface area contributed by atoms with Crippen LogP contribution in [0, 0.1) is 0 Å². The number of esters is 1. The monoisotopic (exact) mass is 273 g/mol. The highest BCUT2D eigenvalue weighted by Gasteiger charge is 2.14. The summed E-state index contributed by atoms with van der Waals surface area (Å²) in [5.74, 6) is -0.315. The molecule has 0 aliphatic carbocycles. The quantitative estimate of drug-likeness (QED) is 0.804. The van der Waals surface area contributed by atoms with Gasteiger partial charge in [0.25, 0.3) is 0 Å². The third-order valence-electron chi connectivity index (χ3n) is 3.84. The SMILES string of the molecule is COC(=O)c1ccc2ncc(CN3CCCCC3)n2c1. The smallest absolute Gasteiger partial charge is 0.339 e. The number of aromatic nitrogens is 2. The Morgan fingerprint density at radius 2 is 2.10 bits per heavy atom. The Labute approximate surface area is 118 Å². The summed E-state index contributed by atoms with van der Waals surface area (Å²) in [4.78, 5) is 18.5. The lowest BCUT2D eigenvalue weighted by atomic mass is 10.1. The van der Waals surface area contributed by atoms with Crippen LogP contribution in [-0.4, -0.2) is 40.5 Å². The average Bonchev–Trinajstić information content (AvgIpc) is 2.90. The van der Waals surface area contributed by atoms with E-state index >= 15 is 0 Å². The predicted molar refractivity (Wildman–Crippen MR) is 75.7 cm³/mol. The number of rotatable bonds is 3. The number of likely N-dealkylation sites (tertiary alicyclic amines) is 1. The zero-order valence-electron chi connectivity index (χ0n) is 11.7. The lowest BCUT2D eigenvalue weighted by Gasteiger charge is -2.26. The molecule has 1 aliphatic heterocycles. The normalized spacial score (nSPS) is 16.4. The summed E-state index contributed by atoms with van der Waals surface area (Å²) in [5, 5.41) is 0. The molecule has 2 aromatic heterocycles. The lowest BCUT2D eigenvalue weighted by Crippen LogP contribution is -2.29. The molecule has 106 valence electrons. The molecule has 1 saturated heterocycles. The number of hydrogen-bond acceptors (Lipinski definition) is 4. The van der Waals surface area contributed by atoms with Gasteiger partial charge in [-0.1, -0.05) is 6.42 Å². The maximum Gasteiger partial charge on any atom is 0.339 e. The molecule has 2 aromatic rings. The van der Waals surface area contributed by atoms with Crippen LogP contribution < -0.4 is 0 Å². The molecule has 0 saturated carbocycles. The van der Waals surface area contributed by atoms with Gasteiger partial charge in [-0.05, 0) is 38.1 Å². The third kappa shape index (κ3) is 2.54. The number of imidazole rings is 1. The number of hydrogen-bond donors (Lipinski definition) is 0. The first kappa shape index (κ1) is 13.1. The highest BCUT2D eigenvalue weighted by atomic mass is 16.5. The van der Waals surface area contributed by atoms with Crippen LogP contribution in [0.25, 0.3) is 5.65 Å². The molecule has 5 heteroatoms. The van der Waals surface area contributed by atoms with Crippen molar-refractivity contribution in [3.05, 3.63) is 35.8 Å². The zero-order valence-corrected chi connectivity index (χ0v) is 11.7. The van der Waals surface area contributed by atoms with Gasteiger partial charge in [-0.2, -0.15) is 0 Å². The summed E-state index contributed by atoms with van der Waals surface area (Å²) in [6.07, 6.45) is 7.57. The molecular formula is C15H19N3O2. The van der Waals surface area contributed by atoms with Crippen molar-refractivity contribution in [2.45, 2.75) is 25.8 Å². The summed E-state index contributed by atoms with van der Waals surface area (Å²) in [7, 11) is 1.40. The fourth-order valence-corrected chi connectivity index (χ4v) is 2.73. The summed E-state index contributed by atoms with van der Waals surface area (Å²) in [5.41, 5.74) is 2.54. The van der Waals surface area contributed by atoms with Gasteiger partial charge in [0.05, 0.1) is 24.6 Å². The summed E-state index contributed by atoms with van der Waals surface area (Å²) in [6, 6.07) is 3.60. The van der Waals surface area contributed by atoms with E-state index in [2.05, 4.69) is 9.88 Å². The molecule has 1 aliphatic rings. The van der Waals surface area contributed by atoms with E-state index in [-0.39, 0.29) is 5.97 Å². The minimum atomic E-state index is -0.315. The van der Waals surface area contributed by atoms with Gasteiger partial charge >= 0.3 is 5.97 Å². The molecule has 0 spiro atoms. The molecule has 3 heterocycles. The zero-order chi connectivity index (χ0) is 13.9. The molecule has 0 aromatic carbocycles. The maximum absolute atomic E-state index is 11.6. The van der Waals surface area contributed by atoms with Crippen molar-refractivity contribution >= 4 is 11.6 Å². The number of pyridine rings is 1. The van der Waals surface area contributed by atoms with Crippen LogP contribution in [0.15, 0.2) is 24.5 Å². The largest absolute Gasteiger partial charge is 0.465 e. The fourth-order valence-electron chi connectivity index (χ4n) is 2.73. The molecule has 0 atom stereocenters. The Balaban J connectivity index is 1.88. The van der Waals surface area contributed by atoms with E-state index in [1.807, 2.05) is 22.9 Å². The number of piperidine rings is 1. The van der Waals surface area contributed by atoms with E-state index in [4.69, 9.17) is 4.74 Å². The van der Waals surface area contributed by atoms with Gasteiger partial charge < -0.3 is 9.14 Å². The summed E-state index contributed by atoms with van der Waals surface area (Å²) >= 11 is 0. The van der Waals surface area contributed by atoms with Crippen LogP contribution in [0.3, 0.4) is 0 Å². The van der Waals surface area contributed by atoms with Crippen molar-refractivity contribution in [1.29, 1.82) is 0 Å². The van der Waals surface area contributed by atoms with Gasteiger partial charge in [0.15, 0.2) is 0 Å². The van der Waals surface area contributed by atoms with Gasteiger partial charge in [-0.15, -0.1) is 0 Å². The number of methoxy groups -OCH3 is 1.